The zero-order valence-corrected chi connectivity index (χ0v) is 16.4. The number of hydrogen-bond acceptors (Lipinski definition) is 4. The minimum absolute atomic E-state index is 0.0175. The van der Waals surface area contributed by atoms with Gasteiger partial charge in [-0.2, -0.15) is 0 Å². The Labute approximate surface area is 166 Å². The third-order valence-electron chi connectivity index (χ3n) is 5.60. The average molecular weight is 380 g/mol. The monoisotopic (exact) mass is 380 g/mol. The molecule has 1 aliphatic heterocycles. The van der Waals surface area contributed by atoms with Crippen LogP contribution in [0.15, 0.2) is 54.6 Å². The summed E-state index contributed by atoms with van der Waals surface area (Å²) in [6, 6.07) is 17.5. The minimum Gasteiger partial charge on any atom is -0.480 e. The molecule has 28 heavy (non-hydrogen) atoms. The standard InChI is InChI=1S/C23H28N2O3/c1-2-21(26)19-10-6-7-11-20(19)24-23(22(27)28)13-16-25(17-14-23)15-12-18-8-4-3-5-9-18/h3-11,24H,2,12-17H2,1H3,(H,27,28). The van der Waals surface area contributed by atoms with E-state index in [0.717, 1.165) is 26.1 Å². The number of ketones is 1. The van der Waals surface area contributed by atoms with Crippen molar-refractivity contribution in [3.8, 4) is 0 Å². The second-order valence-electron chi connectivity index (χ2n) is 7.41. The third kappa shape index (κ3) is 4.60. The minimum atomic E-state index is -1.03. The fraction of sp³-hybridized carbons (Fsp3) is 0.391. The lowest BCUT2D eigenvalue weighted by Gasteiger charge is -2.40. The zero-order valence-electron chi connectivity index (χ0n) is 16.4. The number of Topliss-reactive ketones (excluding diaryl/α,β-unsaturated/α-hetero) is 1. The van der Waals surface area contributed by atoms with Crippen molar-refractivity contribution in [1.82, 2.24) is 4.90 Å². The molecule has 0 unspecified atom stereocenters. The largest absolute Gasteiger partial charge is 0.480 e. The summed E-state index contributed by atoms with van der Waals surface area (Å²) < 4.78 is 0. The second kappa shape index (κ2) is 9.02. The number of carboxylic acids is 1. The van der Waals surface area contributed by atoms with Crippen molar-refractivity contribution >= 4 is 17.4 Å². The summed E-state index contributed by atoms with van der Waals surface area (Å²) in [4.78, 5) is 26.7. The molecule has 0 aromatic heterocycles. The van der Waals surface area contributed by atoms with E-state index in [1.807, 2.05) is 37.3 Å². The van der Waals surface area contributed by atoms with E-state index in [9.17, 15) is 14.7 Å². The first kappa shape index (κ1) is 20.1. The SMILES string of the molecule is CCC(=O)c1ccccc1NC1(C(=O)O)CCN(CCc2ccccc2)CC1. The van der Waals surface area contributed by atoms with Crippen molar-refractivity contribution in [1.29, 1.82) is 0 Å². The van der Waals surface area contributed by atoms with Gasteiger partial charge >= 0.3 is 5.97 Å². The van der Waals surface area contributed by atoms with Crippen LogP contribution in [0.25, 0.3) is 0 Å². The van der Waals surface area contributed by atoms with Gasteiger partial charge in [-0.1, -0.05) is 49.4 Å². The first-order valence-corrected chi connectivity index (χ1v) is 9.94. The molecule has 0 saturated carbocycles. The number of nitrogens with one attached hydrogen (secondary N) is 1. The van der Waals surface area contributed by atoms with Gasteiger partial charge in [0.1, 0.15) is 5.54 Å². The summed E-state index contributed by atoms with van der Waals surface area (Å²) in [7, 11) is 0. The molecule has 1 aliphatic rings. The number of carbonyl (C=O) groups excluding carboxylic acids is 1. The summed E-state index contributed by atoms with van der Waals surface area (Å²) in [6.45, 7) is 4.17. The predicted octanol–water partition coefficient (Wildman–Crippen LogP) is 3.85. The highest BCUT2D eigenvalue weighted by molar-refractivity contribution is 6.01. The normalized spacial score (nSPS) is 16.5. The van der Waals surface area contributed by atoms with Crippen molar-refractivity contribution in [2.45, 2.75) is 38.1 Å². The summed E-state index contributed by atoms with van der Waals surface area (Å²) in [5.74, 6) is -0.835. The van der Waals surface area contributed by atoms with Crippen molar-refractivity contribution in [3.05, 3.63) is 65.7 Å². The topological polar surface area (TPSA) is 69.6 Å². The molecule has 2 aromatic rings. The van der Waals surface area contributed by atoms with Crippen LogP contribution in [0.3, 0.4) is 0 Å². The van der Waals surface area contributed by atoms with E-state index in [-0.39, 0.29) is 5.78 Å². The molecule has 2 aromatic carbocycles. The Morgan fingerprint density at radius 2 is 1.68 bits per heavy atom. The fourth-order valence-electron chi connectivity index (χ4n) is 3.77. The molecule has 5 nitrogen and oxygen atoms in total. The van der Waals surface area contributed by atoms with Crippen LogP contribution in [-0.4, -0.2) is 46.9 Å². The van der Waals surface area contributed by atoms with E-state index in [4.69, 9.17) is 0 Å². The summed E-state index contributed by atoms with van der Waals surface area (Å²) in [6.07, 6.45) is 2.37. The number of benzene rings is 2. The molecule has 0 bridgehead atoms. The molecule has 1 heterocycles. The Morgan fingerprint density at radius 3 is 2.32 bits per heavy atom. The number of carboxylic acid groups (broad SMARTS) is 1. The molecule has 0 spiro atoms. The Bertz CT molecular complexity index is 812. The van der Waals surface area contributed by atoms with Gasteiger partial charge in [-0.25, -0.2) is 4.79 Å². The quantitative estimate of drug-likeness (QED) is 0.681. The maximum atomic E-state index is 12.2. The van der Waals surface area contributed by atoms with Crippen LogP contribution in [0, 0.1) is 0 Å². The van der Waals surface area contributed by atoms with Gasteiger partial charge in [0.05, 0.1) is 0 Å². The van der Waals surface area contributed by atoms with Gasteiger partial charge in [-0.15, -0.1) is 0 Å². The molecule has 5 heteroatoms. The van der Waals surface area contributed by atoms with Crippen LogP contribution < -0.4 is 5.32 Å². The maximum Gasteiger partial charge on any atom is 0.329 e. The van der Waals surface area contributed by atoms with E-state index in [1.165, 1.54) is 5.56 Å². The van der Waals surface area contributed by atoms with Crippen LogP contribution in [0.1, 0.15) is 42.1 Å². The van der Waals surface area contributed by atoms with Crippen molar-refractivity contribution < 1.29 is 14.7 Å². The van der Waals surface area contributed by atoms with Gasteiger partial charge in [-0.05, 0) is 37.0 Å². The zero-order chi connectivity index (χ0) is 20.0. The fourth-order valence-corrected chi connectivity index (χ4v) is 3.77. The van der Waals surface area contributed by atoms with Crippen LogP contribution in [0.2, 0.25) is 0 Å². The van der Waals surface area contributed by atoms with Gasteiger partial charge in [-0.3, -0.25) is 4.79 Å². The third-order valence-corrected chi connectivity index (χ3v) is 5.60. The van der Waals surface area contributed by atoms with Crippen molar-refractivity contribution in [3.63, 3.8) is 0 Å². The number of anilines is 1. The van der Waals surface area contributed by atoms with E-state index >= 15 is 0 Å². The first-order valence-electron chi connectivity index (χ1n) is 9.94. The molecule has 2 N–H and O–H groups in total. The van der Waals surface area contributed by atoms with Gasteiger partial charge in [0.15, 0.2) is 5.78 Å². The molecule has 0 atom stereocenters. The molecule has 1 saturated heterocycles. The number of para-hydroxylation sites is 1. The van der Waals surface area contributed by atoms with Crippen molar-refractivity contribution in [2.24, 2.45) is 0 Å². The Kier molecular flexibility index (Phi) is 6.47. The van der Waals surface area contributed by atoms with Crippen LogP contribution in [-0.2, 0) is 11.2 Å². The van der Waals surface area contributed by atoms with Gasteiger partial charge in [0.2, 0.25) is 0 Å². The molecule has 0 radical (unpaired) electrons. The average Bonchev–Trinajstić information content (AvgIpc) is 2.73. The molecular weight excluding hydrogens is 352 g/mol. The Morgan fingerprint density at radius 1 is 1.04 bits per heavy atom. The lowest BCUT2D eigenvalue weighted by atomic mass is 9.86. The molecule has 148 valence electrons. The smallest absolute Gasteiger partial charge is 0.329 e. The lowest BCUT2D eigenvalue weighted by Crippen LogP contribution is -2.54. The van der Waals surface area contributed by atoms with E-state index < -0.39 is 11.5 Å². The summed E-state index contributed by atoms with van der Waals surface area (Å²) in [5, 5.41) is 13.2. The molecular formula is C23H28N2O3. The molecule has 0 amide bonds. The Hall–Kier alpha value is -2.66. The summed E-state index contributed by atoms with van der Waals surface area (Å²) in [5.41, 5.74) is 1.45. The number of hydrogen-bond donors (Lipinski definition) is 2. The number of carbonyl (C=O) groups is 2. The van der Waals surface area contributed by atoms with E-state index in [0.29, 0.717) is 30.5 Å². The van der Waals surface area contributed by atoms with E-state index in [2.05, 4.69) is 22.3 Å². The van der Waals surface area contributed by atoms with Gasteiger partial charge < -0.3 is 15.3 Å². The lowest BCUT2D eigenvalue weighted by molar-refractivity contribution is -0.144. The van der Waals surface area contributed by atoms with E-state index in [1.54, 1.807) is 12.1 Å². The van der Waals surface area contributed by atoms with Gasteiger partial charge in [0, 0.05) is 37.3 Å². The second-order valence-corrected chi connectivity index (χ2v) is 7.41. The van der Waals surface area contributed by atoms with Gasteiger partial charge in [0.25, 0.3) is 0 Å². The number of piperidine rings is 1. The number of rotatable bonds is 8. The highest BCUT2D eigenvalue weighted by atomic mass is 16.4. The van der Waals surface area contributed by atoms with Crippen LogP contribution >= 0.6 is 0 Å². The Balaban J connectivity index is 1.67. The maximum absolute atomic E-state index is 12.2. The van der Waals surface area contributed by atoms with Crippen molar-refractivity contribution in [2.75, 3.05) is 25.0 Å². The first-order chi connectivity index (χ1) is 13.5. The number of nitrogens with zero attached hydrogens (tertiary/aromatic N) is 1. The molecule has 3 rings (SSSR count). The van der Waals surface area contributed by atoms with Crippen LogP contribution in [0.5, 0.6) is 0 Å². The highest BCUT2D eigenvalue weighted by Gasteiger charge is 2.42. The molecule has 0 aliphatic carbocycles. The number of likely N-dealkylation sites (tertiary alicyclic amines) is 1. The molecule has 1 fully saturated rings. The number of aliphatic carboxylic acids is 1. The highest BCUT2D eigenvalue weighted by Crippen LogP contribution is 2.30. The predicted molar refractivity (Wildman–Crippen MR) is 111 cm³/mol. The summed E-state index contributed by atoms with van der Waals surface area (Å²) >= 11 is 0. The van der Waals surface area contributed by atoms with Crippen LogP contribution in [0.4, 0.5) is 5.69 Å².